The Hall–Kier alpha value is -2.92. The minimum absolute atomic E-state index is 0.104. The van der Waals surface area contributed by atoms with Gasteiger partial charge in [-0.15, -0.1) is 0 Å². The molecule has 0 saturated carbocycles. The average molecular weight is 355 g/mol. The summed E-state index contributed by atoms with van der Waals surface area (Å²) in [4.78, 5) is 24.6. The fourth-order valence-electron chi connectivity index (χ4n) is 2.38. The lowest BCUT2D eigenvalue weighted by Crippen LogP contribution is -2.15. The van der Waals surface area contributed by atoms with E-state index in [1.165, 1.54) is 0 Å². The average Bonchev–Trinajstić information content (AvgIpc) is 3.00. The summed E-state index contributed by atoms with van der Waals surface area (Å²) >= 11 is 5.84. The summed E-state index contributed by atoms with van der Waals surface area (Å²) in [6.45, 7) is 1.76. The van der Waals surface area contributed by atoms with Crippen LogP contribution in [0.1, 0.15) is 27.4 Å². The molecule has 0 radical (unpaired) electrons. The molecule has 1 aromatic heterocycles. The predicted molar refractivity (Wildman–Crippen MR) is 94.9 cm³/mol. The van der Waals surface area contributed by atoms with E-state index in [0.717, 1.165) is 0 Å². The smallest absolute Gasteiger partial charge is 0.230 e. The van der Waals surface area contributed by atoms with E-state index in [2.05, 4.69) is 10.5 Å². The van der Waals surface area contributed by atoms with Crippen molar-refractivity contribution in [1.29, 1.82) is 0 Å². The van der Waals surface area contributed by atoms with Crippen LogP contribution in [0.15, 0.2) is 59.1 Å². The number of benzene rings is 2. The van der Waals surface area contributed by atoms with Crippen LogP contribution in [0, 0.1) is 6.92 Å². The molecule has 5 nitrogen and oxygen atoms in total. The number of halogens is 1. The first-order chi connectivity index (χ1) is 12.0. The van der Waals surface area contributed by atoms with Crippen molar-refractivity contribution in [1.82, 2.24) is 5.16 Å². The number of aryl methyl sites for hydroxylation is 1. The third-order valence-corrected chi connectivity index (χ3v) is 3.79. The van der Waals surface area contributed by atoms with E-state index in [4.69, 9.17) is 16.1 Å². The monoisotopic (exact) mass is 354 g/mol. The minimum Gasteiger partial charge on any atom is -0.361 e. The summed E-state index contributed by atoms with van der Waals surface area (Å²) in [7, 11) is 0. The first-order valence-electron chi connectivity index (χ1n) is 7.63. The molecule has 0 fully saturated rings. The molecular weight excluding hydrogens is 340 g/mol. The lowest BCUT2D eigenvalue weighted by molar-refractivity contribution is -0.115. The third-order valence-electron chi connectivity index (χ3n) is 3.53. The van der Waals surface area contributed by atoms with Crippen LogP contribution in [0.25, 0.3) is 0 Å². The molecule has 3 rings (SSSR count). The normalized spacial score (nSPS) is 10.5. The van der Waals surface area contributed by atoms with Gasteiger partial charge in [0, 0.05) is 27.9 Å². The number of hydrogen-bond donors (Lipinski definition) is 1. The number of ketones is 1. The zero-order valence-corrected chi connectivity index (χ0v) is 14.2. The van der Waals surface area contributed by atoms with Crippen molar-refractivity contribution in [2.24, 2.45) is 0 Å². The van der Waals surface area contributed by atoms with Crippen LogP contribution in [0.3, 0.4) is 0 Å². The molecule has 0 spiro atoms. The fraction of sp³-hybridized carbons (Fsp3) is 0.105. The Morgan fingerprint density at radius 2 is 1.84 bits per heavy atom. The quantitative estimate of drug-likeness (QED) is 0.701. The van der Waals surface area contributed by atoms with Gasteiger partial charge in [-0.3, -0.25) is 9.59 Å². The number of aromatic nitrogens is 1. The van der Waals surface area contributed by atoms with Crippen molar-refractivity contribution in [3.8, 4) is 0 Å². The Morgan fingerprint density at radius 1 is 1.08 bits per heavy atom. The number of anilines is 1. The van der Waals surface area contributed by atoms with Crippen LogP contribution in [-0.4, -0.2) is 16.8 Å². The van der Waals surface area contributed by atoms with E-state index < -0.39 is 0 Å². The number of carbonyl (C=O) groups excluding carboxylic acids is 2. The Morgan fingerprint density at radius 3 is 2.52 bits per heavy atom. The SMILES string of the molecule is Cc1cc(CC(=O)Nc2cccc(C(=O)c3ccc(Cl)cc3)c2)no1. The summed E-state index contributed by atoms with van der Waals surface area (Å²) in [5.41, 5.74) is 2.12. The molecule has 0 aliphatic rings. The third kappa shape index (κ3) is 4.33. The van der Waals surface area contributed by atoms with Gasteiger partial charge in [-0.1, -0.05) is 28.9 Å². The Labute approximate surface area is 149 Å². The Bertz CT molecular complexity index is 916. The molecule has 25 heavy (non-hydrogen) atoms. The van der Waals surface area contributed by atoms with Gasteiger partial charge in [0.1, 0.15) is 5.76 Å². The highest BCUT2D eigenvalue weighted by Crippen LogP contribution is 2.17. The minimum atomic E-state index is -0.232. The van der Waals surface area contributed by atoms with E-state index in [9.17, 15) is 9.59 Å². The molecule has 0 saturated heterocycles. The summed E-state index contributed by atoms with van der Waals surface area (Å²) in [6.07, 6.45) is 0.104. The van der Waals surface area contributed by atoms with Gasteiger partial charge < -0.3 is 9.84 Å². The lowest BCUT2D eigenvalue weighted by atomic mass is 10.0. The van der Waals surface area contributed by atoms with Crippen molar-refractivity contribution in [3.63, 3.8) is 0 Å². The first-order valence-corrected chi connectivity index (χ1v) is 8.01. The molecule has 0 aliphatic carbocycles. The van der Waals surface area contributed by atoms with Crippen LogP contribution in [0.2, 0.25) is 5.02 Å². The molecule has 0 atom stereocenters. The lowest BCUT2D eigenvalue weighted by Gasteiger charge is -2.07. The predicted octanol–water partition coefficient (Wildman–Crippen LogP) is 4.05. The highest BCUT2D eigenvalue weighted by molar-refractivity contribution is 6.30. The molecule has 1 amide bonds. The summed E-state index contributed by atoms with van der Waals surface area (Å²) in [5.74, 6) is 0.280. The standard InChI is InChI=1S/C19H15ClN2O3/c1-12-9-17(22-25-12)11-18(23)21-16-4-2-3-14(10-16)19(24)13-5-7-15(20)8-6-13/h2-10H,11H2,1H3,(H,21,23). The van der Waals surface area contributed by atoms with E-state index in [1.807, 2.05) is 0 Å². The van der Waals surface area contributed by atoms with Crippen LogP contribution >= 0.6 is 11.6 Å². The van der Waals surface area contributed by atoms with Gasteiger partial charge in [0.2, 0.25) is 5.91 Å². The zero-order valence-electron chi connectivity index (χ0n) is 13.5. The van der Waals surface area contributed by atoms with Gasteiger partial charge in [0.05, 0.1) is 12.1 Å². The van der Waals surface area contributed by atoms with Gasteiger partial charge in [-0.2, -0.15) is 0 Å². The van der Waals surface area contributed by atoms with Crippen molar-refractivity contribution in [2.45, 2.75) is 13.3 Å². The summed E-state index contributed by atoms with van der Waals surface area (Å²) < 4.78 is 4.94. The number of nitrogens with one attached hydrogen (secondary N) is 1. The molecular formula is C19H15ClN2O3. The van der Waals surface area contributed by atoms with Crippen LogP contribution in [0.5, 0.6) is 0 Å². The zero-order chi connectivity index (χ0) is 17.8. The number of hydrogen-bond acceptors (Lipinski definition) is 4. The summed E-state index contributed by atoms with van der Waals surface area (Å²) in [5, 5.41) is 7.12. The van der Waals surface area contributed by atoms with Crippen LogP contribution < -0.4 is 5.32 Å². The number of rotatable bonds is 5. The fourth-order valence-corrected chi connectivity index (χ4v) is 2.50. The maximum absolute atomic E-state index is 12.5. The van der Waals surface area contributed by atoms with Crippen LogP contribution in [0.4, 0.5) is 5.69 Å². The Kier molecular flexibility index (Phi) is 4.95. The first kappa shape index (κ1) is 16.9. The molecule has 126 valence electrons. The van der Waals surface area contributed by atoms with Gasteiger partial charge in [-0.05, 0) is 43.3 Å². The number of nitrogens with zero attached hydrogens (tertiary/aromatic N) is 1. The second-order valence-electron chi connectivity index (χ2n) is 5.57. The van der Waals surface area contributed by atoms with Gasteiger partial charge in [0.15, 0.2) is 5.78 Å². The molecule has 2 aromatic carbocycles. The topological polar surface area (TPSA) is 72.2 Å². The highest BCUT2D eigenvalue weighted by atomic mass is 35.5. The molecule has 1 N–H and O–H groups in total. The molecule has 6 heteroatoms. The van der Waals surface area contributed by atoms with E-state index in [0.29, 0.717) is 33.3 Å². The second-order valence-corrected chi connectivity index (χ2v) is 6.01. The van der Waals surface area contributed by atoms with E-state index in [1.54, 1.807) is 61.5 Å². The highest BCUT2D eigenvalue weighted by Gasteiger charge is 2.12. The van der Waals surface area contributed by atoms with E-state index in [-0.39, 0.29) is 18.1 Å². The molecule has 0 unspecified atom stereocenters. The van der Waals surface area contributed by atoms with Gasteiger partial charge in [0.25, 0.3) is 0 Å². The maximum Gasteiger partial charge on any atom is 0.230 e. The summed E-state index contributed by atoms with van der Waals surface area (Å²) in [6, 6.07) is 15.2. The van der Waals surface area contributed by atoms with Gasteiger partial charge in [-0.25, -0.2) is 0 Å². The number of carbonyl (C=O) groups is 2. The van der Waals surface area contributed by atoms with Gasteiger partial charge >= 0.3 is 0 Å². The van der Waals surface area contributed by atoms with E-state index >= 15 is 0 Å². The maximum atomic E-state index is 12.5. The van der Waals surface area contributed by atoms with Crippen molar-refractivity contribution >= 4 is 29.0 Å². The van der Waals surface area contributed by atoms with Crippen LogP contribution in [-0.2, 0) is 11.2 Å². The molecule has 0 aliphatic heterocycles. The molecule has 1 heterocycles. The number of amides is 1. The van der Waals surface area contributed by atoms with Crippen molar-refractivity contribution < 1.29 is 14.1 Å². The largest absolute Gasteiger partial charge is 0.361 e. The van der Waals surface area contributed by atoms with Crippen molar-refractivity contribution in [2.75, 3.05) is 5.32 Å². The van der Waals surface area contributed by atoms with Crippen molar-refractivity contribution in [3.05, 3.63) is 82.2 Å². The molecule has 0 bridgehead atoms. The molecule has 3 aromatic rings. The Balaban J connectivity index is 1.71. The second kappa shape index (κ2) is 7.32.